The van der Waals surface area contributed by atoms with Gasteiger partial charge in [0.2, 0.25) is 0 Å². The van der Waals surface area contributed by atoms with E-state index in [1.807, 2.05) is 0 Å². The highest BCUT2D eigenvalue weighted by Gasteiger charge is 2.14. The second kappa shape index (κ2) is 4.00. The lowest BCUT2D eigenvalue weighted by Gasteiger charge is -2.10. The molecule has 0 aliphatic carbocycles. The Bertz CT molecular complexity index is 135. The molecule has 58 valence electrons. The molecule has 0 heterocycles. The van der Waals surface area contributed by atoms with Gasteiger partial charge in [-0.25, -0.2) is 0 Å². The number of nitrogens with two attached hydrogens (primary N) is 1. The molecule has 0 saturated heterocycles. The van der Waals surface area contributed by atoms with Crippen LogP contribution >= 0.6 is 0 Å². The summed E-state index contributed by atoms with van der Waals surface area (Å²) >= 11 is 0. The highest BCUT2D eigenvalue weighted by molar-refractivity contribution is 5.68. The molecular formula is C6H11NO3. The first kappa shape index (κ1) is 9.10. The van der Waals surface area contributed by atoms with Crippen LogP contribution in [0, 0.1) is 5.92 Å². The minimum atomic E-state index is -0.971. The molecule has 0 spiro atoms. The smallest absolute Gasteiger partial charge is 0.304 e. The van der Waals surface area contributed by atoms with Crippen LogP contribution in [0.3, 0.4) is 0 Å². The first-order valence-corrected chi connectivity index (χ1v) is 3.00. The Morgan fingerprint density at radius 2 is 2.30 bits per heavy atom. The number of carbonyl (C=O) groups is 2. The van der Waals surface area contributed by atoms with Crippen LogP contribution in [0.1, 0.15) is 13.3 Å². The molecule has 0 bridgehead atoms. The maximum atomic E-state index is 10.1. The van der Waals surface area contributed by atoms with Crippen LogP contribution in [0.5, 0.6) is 0 Å². The quantitative estimate of drug-likeness (QED) is 0.528. The summed E-state index contributed by atoms with van der Waals surface area (Å²) in [7, 11) is 0. The van der Waals surface area contributed by atoms with Gasteiger partial charge in [0.25, 0.3) is 0 Å². The van der Waals surface area contributed by atoms with Gasteiger partial charge in [0.1, 0.15) is 6.29 Å². The Balaban J connectivity index is 3.71. The Labute approximate surface area is 59.0 Å². The molecule has 0 fully saturated rings. The van der Waals surface area contributed by atoms with E-state index in [2.05, 4.69) is 0 Å². The van der Waals surface area contributed by atoms with Crippen LogP contribution in [0.15, 0.2) is 0 Å². The summed E-state index contributed by atoms with van der Waals surface area (Å²) in [6.07, 6.45) is 0.507. The zero-order valence-corrected chi connectivity index (χ0v) is 5.78. The third kappa shape index (κ3) is 3.19. The molecule has 0 saturated carbocycles. The summed E-state index contributed by atoms with van der Waals surface area (Å²) < 4.78 is 0. The van der Waals surface area contributed by atoms with E-state index in [0.29, 0.717) is 6.29 Å². The maximum Gasteiger partial charge on any atom is 0.304 e. The lowest BCUT2D eigenvalue weighted by atomic mass is 10.0. The van der Waals surface area contributed by atoms with Gasteiger partial charge in [-0.3, -0.25) is 4.79 Å². The molecule has 0 aliphatic rings. The summed E-state index contributed by atoms with van der Waals surface area (Å²) in [6, 6.07) is -0.560. The predicted octanol–water partition coefficient (Wildman–Crippen LogP) is -0.377. The monoisotopic (exact) mass is 145 g/mol. The van der Waals surface area contributed by atoms with Crippen molar-refractivity contribution in [2.45, 2.75) is 19.4 Å². The van der Waals surface area contributed by atoms with Crippen LogP contribution in [0.25, 0.3) is 0 Å². The summed E-state index contributed by atoms with van der Waals surface area (Å²) in [5.41, 5.74) is 5.32. The zero-order valence-electron chi connectivity index (χ0n) is 5.78. The van der Waals surface area contributed by atoms with E-state index in [-0.39, 0.29) is 12.3 Å². The molecule has 0 rings (SSSR count). The van der Waals surface area contributed by atoms with Crippen molar-refractivity contribution in [3.8, 4) is 0 Å². The lowest BCUT2D eigenvalue weighted by Crippen LogP contribution is -2.31. The van der Waals surface area contributed by atoms with Gasteiger partial charge >= 0.3 is 5.97 Å². The molecule has 0 aromatic carbocycles. The van der Waals surface area contributed by atoms with E-state index < -0.39 is 12.0 Å². The molecule has 4 heteroatoms. The Morgan fingerprint density at radius 3 is 2.60 bits per heavy atom. The fourth-order valence-corrected chi connectivity index (χ4v) is 0.488. The molecule has 0 aromatic rings. The molecular weight excluding hydrogens is 134 g/mol. The largest absolute Gasteiger partial charge is 0.481 e. The SMILES string of the molecule is CC(C=O)C(N)CC(=O)O. The molecule has 2 unspecified atom stereocenters. The minimum absolute atomic E-state index is 0.153. The van der Waals surface area contributed by atoms with E-state index in [1.54, 1.807) is 6.92 Å². The van der Waals surface area contributed by atoms with Crippen molar-refractivity contribution in [1.82, 2.24) is 0 Å². The van der Waals surface area contributed by atoms with Crippen molar-refractivity contribution in [3.05, 3.63) is 0 Å². The molecule has 2 atom stereocenters. The Kier molecular flexibility index (Phi) is 3.64. The van der Waals surface area contributed by atoms with Crippen molar-refractivity contribution < 1.29 is 14.7 Å². The molecule has 0 aliphatic heterocycles. The number of carbonyl (C=O) groups excluding carboxylic acids is 1. The topological polar surface area (TPSA) is 80.4 Å². The van der Waals surface area contributed by atoms with Gasteiger partial charge in [-0.05, 0) is 0 Å². The van der Waals surface area contributed by atoms with Gasteiger partial charge in [-0.2, -0.15) is 0 Å². The summed E-state index contributed by atoms with van der Waals surface area (Å²) in [5, 5.41) is 8.23. The second-order valence-electron chi connectivity index (χ2n) is 2.26. The fourth-order valence-electron chi connectivity index (χ4n) is 0.488. The summed E-state index contributed by atoms with van der Waals surface area (Å²) in [6.45, 7) is 1.60. The van der Waals surface area contributed by atoms with E-state index in [0.717, 1.165) is 0 Å². The molecule has 4 nitrogen and oxygen atoms in total. The Morgan fingerprint density at radius 1 is 1.80 bits per heavy atom. The van der Waals surface area contributed by atoms with Gasteiger partial charge in [0.15, 0.2) is 0 Å². The van der Waals surface area contributed by atoms with Crippen LogP contribution in [0.2, 0.25) is 0 Å². The Hall–Kier alpha value is -0.900. The van der Waals surface area contributed by atoms with Crippen LogP contribution in [0.4, 0.5) is 0 Å². The number of hydrogen-bond donors (Lipinski definition) is 2. The highest BCUT2D eigenvalue weighted by Crippen LogP contribution is 2.00. The van der Waals surface area contributed by atoms with Crippen molar-refractivity contribution in [1.29, 1.82) is 0 Å². The van der Waals surface area contributed by atoms with Crippen molar-refractivity contribution in [2.24, 2.45) is 11.7 Å². The highest BCUT2D eigenvalue weighted by atomic mass is 16.4. The van der Waals surface area contributed by atoms with Gasteiger partial charge in [0, 0.05) is 12.0 Å². The number of carboxylic acid groups (broad SMARTS) is 1. The average Bonchev–Trinajstić information content (AvgIpc) is 1.85. The van der Waals surface area contributed by atoms with Gasteiger partial charge in [0.05, 0.1) is 6.42 Å². The third-order valence-electron chi connectivity index (χ3n) is 1.30. The van der Waals surface area contributed by atoms with Crippen molar-refractivity contribution in [2.75, 3.05) is 0 Å². The fraction of sp³-hybridized carbons (Fsp3) is 0.667. The zero-order chi connectivity index (χ0) is 8.15. The van der Waals surface area contributed by atoms with Crippen LogP contribution < -0.4 is 5.73 Å². The van der Waals surface area contributed by atoms with Crippen LogP contribution in [-0.4, -0.2) is 23.4 Å². The number of aldehydes is 1. The molecule has 0 amide bonds. The standard InChI is InChI=1S/C6H11NO3/c1-4(3-8)5(7)2-6(9)10/h3-5H,2,7H2,1H3,(H,9,10). The van der Waals surface area contributed by atoms with Crippen LogP contribution in [-0.2, 0) is 9.59 Å². The lowest BCUT2D eigenvalue weighted by molar-refractivity contribution is -0.137. The van der Waals surface area contributed by atoms with Gasteiger partial charge in [-0.1, -0.05) is 6.92 Å². The first-order chi connectivity index (χ1) is 4.57. The van der Waals surface area contributed by atoms with E-state index in [1.165, 1.54) is 0 Å². The second-order valence-corrected chi connectivity index (χ2v) is 2.26. The molecule has 3 N–H and O–H groups in total. The van der Waals surface area contributed by atoms with Gasteiger partial charge < -0.3 is 15.6 Å². The normalized spacial score (nSPS) is 15.8. The minimum Gasteiger partial charge on any atom is -0.481 e. The van der Waals surface area contributed by atoms with Crippen molar-refractivity contribution >= 4 is 12.3 Å². The summed E-state index contributed by atoms with van der Waals surface area (Å²) in [5.74, 6) is -1.35. The average molecular weight is 145 g/mol. The maximum absolute atomic E-state index is 10.1. The summed E-state index contributed by atoms with van der Waals surface area (Å²) in [4.78, 5) is 20.1. The molecule has 0 aromatic heterocycles. The molecule has 10 heavy (non-hydrogen) atoms. The molecule has 0 radical (unpaired) electrons. The number of aliphatic carboxylic acids is 1. The first-order valence-electron chi connectivity index (χ1n) is 3.00. The predicted molar refractivity (Wildman–Crippen MR) is 35.5 cm³/mol. The number of rotatable bonds is 4. The number of carboxylic acids is 1. The van der Waals surface area contributed by atoms with E-state index in [4.69, 9.17) is 10.8 Å². The van der Waals surface area contributed by atoms with E-state index in [9.17, 15) is 9.59 Å². The van der Waals surface area contributed by atoms with Gasteiger partial charge in [-0.15, -0.1) is 0 Å². The van der Waals surface area contributed by atoms with Crippen molar-refractivity contribution in [3.63, 3.8) is 0 Å². The number of hydrogen-bond acceptors (Lipinski definition) is 3. The van der Waals surface area contributed by atoms with E-state index >= 15 is 0 Å². The third-order valence-corrected chi connectivity index (χ3v) is 1.30.